The third-order valence-corrected chi connectivity index (χ3v) is 4.63. The van der Waals surface area contributed by atoms with E-state index in [9.17, 15) is 15.0 Å². The quantitative estimate of drug-likeness (QED) is 0.668. The van der Waals surface area contributed by atoms with Crippen molar-refractivity contribution >= 4 is 23.8 Å². The van der Waals surface area contributed by atoms with Crippen LogP contribution in [0.3, 0.4) is 0 Å². The van der Waals surface area contributed by atoms with Crippen molar-refractivity contribution in [3.63, 3.8) is 0 Å². The van der Waals surface area contributed by atoms with E-state index >= 15 is 0 Å². The molecule has 158 valence electrons. The van der Waals surface area contributed by atoms with Gasteiger partial charge in [-0.25, -0.2) is 0 Å². The van der Waals surface area contributed by atoms with Crippen molar-refractivity contribution in [1.29, 1.82) is 0 Å². The molecular formula is C26H24KNO4. The molecule has 0 aliphatic carbocycles. The number of allylic oxidation sites excluding steroid dienone is 7. The van der Waals surface area contributed by atoms with Crippen LogP contribution in [0.25, 0.3) is 12.2 Å². The van der Waals surface area contributed by atoms with Gasteiger partial charge in [0.15, 0.2) is 0 Å². The first-order valence-electron chi connectivity index (χ1n) is 9.78. The Kier molecular flexibility index (Phi) is 9.75. The van der Waals surface area contributed by atoms with E-state index in [1.54, 1.807) is 12.1 Å². The van der Waals surface area contributed by atoms with Crippen LogP contribution in [0.1, 0.15) is 28.4 Å². The van der Waals surface area contributed by atoms with Gasteiger partial charge >= 0.3 is 51.4 Å². The Hall–Kier alpha value is -2.35. The maximum Gasteiger partial charge on any atom is 1.00 e. The van der Waals surface area contributed by atoms with E-state index in [0.29, 0.717) is 5.56 Å². The van der Waals surface area contributed by atoms with E-state index in [1.807, 2.05) is 57.5 Å². The Balaban J connectivity index is 0.00000363. The number of carbonyl (C=O) groups is 1. The zero-order chi connectivity index (χ0) is 22.4. The minimum absolute atomic E-state index is 0. The summed E-state index contributed by atoms with van der Waals surface area (Å²) >= 11 is 0. The van der Waals surface area contributed by atoms with Crippen molar-refractivity contribution < 1.29 is 71.1 Å². The summed E-state index contributed by atoms with van der Waals surface area (Å²) in [6.45, 7) is 1.89. The van der Waals surface area contributed by atoms with Crippen LogP contribution in [0.5, 0.6) is 5.75 Å². The number of ether oxygens (including phenoxy) is 1. The first-order chi connectivity index (χ1) is 14.8. The van der Waals surface area contributed by atoms with Gasteiger partial charge < -0.3 is 24.6 Å². The number of nitrogens with zero attached hydrogens (tertiary/aromatic N) is 1. The second-order valence-electron chi connectivity index (χ2n) is 7.31. The van der Waals surface area contributed by atoms with Gasteiger partial charge in [0, 0.05) is 25.3 Å². The summed E-state index contributed by atoms with van der Waals surface area (Å²) in [4.78, 5) is 13.1. The maximum atomic E-state index is 11.0. The molecule has 2 aromatic carbocycles. The first-order valence-corrected chi connectivity index (χ1v) is 9.78. The molecular weight excluding hydrogens is 429 g/mol. The molecule has 0 radical (unpaired) electrons. The number of hydrogen-bond acceptors (Lipinski definition) is 5. The van der Waals surface area contributed by atoms with Crippen LogP contribution in [-0.2, 0) is 4.74 Å². The van der Waals surface area contributed by atoms with Crippen molar-refractivity contribution in [2.45, 2.75) is 6.92 Å². The van der Waals surface area contributed by atoms with Crippen LogP contribution < -0.4 is 61.4 Å². The van der Waals surface area contributed by atoms with Crippen LogP contribution in [0.4, 0.5) is 5.69 Å². The first kappa shape index (κ1) is 25.9. The van der Waals surface area contributed by atoms with Gasteiger partial charge in [0.2, 0.25) is 0 Å². The van der Waals surface area contributed by atoms with Crippen molar-refractivity contribution in [2.75, 3.05) is 19.0 Å². The fourth-order valence-corrected chi connectivity index (χ4v) is 3.02. The van der Waals surface area contributed by atoms with Gasteiger partial charge in [-0.05, 0) is 66.1 Å². The molecule has 0 amide bonds. The van der Waals surface area contributed by atoms with E-state index < -0.39 is 5.97 Å². The molecule has 0 aromatic heterocycles. The van der Waals surface area contributed by atoms with E-state index in [0.717, 1.165) is 28.3 Å². The fraction of sp³-hybridized carbons (Fsp3) is 0.115. The number of anilines is 1. The van der Waals surface area contributed by atoms with Gasteiger partial charge in [-0.2, -0.15) is 0 Å². The largest absolute Gasteiger partial charge is 1.00 e. The Morgan fingerprint density at radius 3 is 2.34 bits per heavy atom. The number of phenols is 1. The molecule has 5 nitrogen and oxygen atoms in total. The van der Waals surface area contributed by atoms with E-state index in [-0.39, 0.29) is 62.7 Å². The molecule has 1 aliphatic rings. The van der Waals surface area contributed by atoms with Crippen LogP contribution in [0.2, 0.25) is 0 Å². The summed E-state index contributed by atoms with van der Waals surface area (Å²) in [5.74, 6) is -0.229. The predicted octanol–water partition coefficient (Wildman–Crippen LogP) is 1.30. The Bertz CT molecular complexity index is 1120. The number of carboxylic acids is 1. The van der Waals surface area contributed by atoms with Crippen molar-refractivity contribution in [3.05, 3.63) is 107 Å². The third-order valence-electron chi connectivity index (χ3n) is 4.63. The topological polar surface area (TPSA) is 72.8 Å². The predicted molar refractivity (Wildman–Crippen MR) is 122 cm³/mol. The van der Waals surface area contributed by atoms with Gasteiger partial charge in [-0.15, -0.1) is 0 Å². The molecule has 0 fully saturated rings. The molecule has 0 atom stereocenters. The van der Waals surface area contributed by atoms with Gasteiger partial charge in [0.05, 0.1) is 5.97 Å². The normalized spacial score (nSPS) is 14.7. The fourth-order valence-electron chi connectivity index (χ4n) is 3.02. The minimum atomic E-state index is -1.41. The number of aromatic carboxylic acids is 1. The SMILES string of the molecule is CC1=C/C(=C\C=C\c2ccc(O)c(C(=O)[O-])c2)C=C(/C=C/c2ccc(N(C)C)cc2)O1.[K+]. The average molecular weight is 454 g/mol. The van der Waals surface area contributed by atoms with Crippen molar-refractivity contribution in [1.82, 2.24) is 0 Å². The van der Waals surface area contributed by atoms with Gasteiger partial charge in [0.25, 0.3) is 0 Å². The summed E-state index contributed by atoms with van der Waals surface area (Å²) in [7, 11) is 4.01. The summed E-state index contributed by atoms with van der Waals surface area (Å²) in [5.41, 5.74) is 3.57. The van der Waals surface area contributed by atoms with Crippen LogP contribution in [0.15, 0.2) is 89.9 Å². The number of aromatic hydroxyl groups is 1. The van der Waals surface area contributed by atoms with E-state index in [4.69, 9.17) is 4.74 Å². The number of benzene rings is 2. The monoisotopic (exact) mass is 453 g/mol. The number of rotatable bonds is 6. The number of hydrogen-bond donors (Lipinski definition) is 1. The molecule has 0 spiro atoms. The smallest absolute Gasteiger partial charge is 0.545 e. The Morgan fingerprint density at radius 1 is 1.00 bits per heavy atom. The summed E-state index contributed by atoms with van der Waals surface area (Å²) in [6, 6.07) is 12.6. The summed E-state index contributed by atoms with van der Waals surface area (Å²) in [5, 5.41) is 20.6. The van der Waals surface area contributed by atoms with E-state index in [1.165, 1.54) is 12.1 Å². The molecule has 3 rings (SSSR count). The standard InChI is InChI=1S/C26H25NO4.K/c1-18-15-21(6-4-5-20-10-14-25(28)24(17-20)26(29)30)16-23(31-18)13-9-19-7-11-22(12-8-19)27(2)3;/h4-17,28H,1-3H3,(H,29,30);/q;+1/p-1/b5-4+,13-9+,21-6+;. The molecule has 6 heteroatoms. The zero-order valence-electron chi connectivity index (χ0n) is 18.7. The molecule has 1 N–H and O–H groups in total. The Morgan fingerprint density at radius 2 is 1.69 bits per heavy atom. The summed E-state index contributed by atoms with van der Waals surface area (Å²) in [6.07, 6.45) is 13.2. The molecule has 0 bridgehead atoms. The molecule has 0 saturated heterocycles. The van der Waals surface area contributed by atoms with E-state index in [2.05, 4.69) is 29.2 Å². The second-order valence-corrected chi connectivity index (χ2v) is 7.31. The van der Waals surface area contributed by atoms with Crippen molar-refractivity contribution in [3.8, 4) is 5.75 Å². The maximum absolute atomic E-state index is 11.0. The molecule has 1 heterocycles. The number of carboxylic acid groups (broad SMARTS) is 1. The molecule has 0 saturated carbocycles. The zero-order valence-corrected chi connectivity index (χ0v) is 21.8. The molecule has 2 aromatic rings. The van der Waals surface area contributed by atoms with Crippen LogP contribution >= 0.6 is 0 Å². The Labute approximate surface area is 231 Å². The molecule has 32 heavy (non-hydrogen) atoms. The van der Waals surface area contributed by atoms with Gasteiger partial charge in [-0.1, -0.05) is 42.5 Å². The van der Waals surface area contributed by atoms with Crippen molar-refractivity contribution in [2.24, 2.45) is 0 Å². The minimum Gasteiger partial charge on any atom is -0.545 e. The molecule has 0 unspecified atom stereocenters. The second kappa shape index (κ2) is 12.0. The van der Waals surface area contributed by atoms with Gasteiger partial charge in [-0.3, -0.25) is 0 Å². The molecule has 1 aliphatic heterocycles. The van der Waals surface area contributed by atoms with Crippen LogP contribution in [-0.4, -0.2) is 25.2 Å². The average Bonchev–Trinajstić information content (AvgIpc) is 2.73. The summed E-state index contributed by atoms with van der Waals surface area (Å²) < 4.78 is 5.78. The van der Waals surface area contributed by atoms with Gasteiger partial charge in [0.1, 0.15) is 17.3 Å². The van der Waals surface area contributed by atoms with Crippen LogP contribution in [0, 0.1) is 0 Å². The third kappa shape index (κ3) is 7.36. The number of carbonyl (C=O) groups excluding carboxylic acids is 1.